The van der Waals surface area contributed by atoms with Gasteiger partial charge in [-0.15, -0.1) is 0 Å². The topological polar surface area (TPSA) is 43.1 Å². The zero-order valence-corrected chi connectivity index (χ0v) is 9.46. The highest BCUT2D eigenvalue weighted by molar-refractivity contribution is 5.83. The lowest BCUT2D eigenvalue weighted by molar-refractivity contribution is -0.120. The minimum atomic E-state index is 0.431. The first-order chi connectivity index (χ1) is 6.65. The smallest absolute Gasteiger partial charge is 0.135 e. The van der Waals surface area contributed by atoms with Gasteiger partial charge in [-0.2, -0.15) is 0 Å². The normalized spacial score (nSPS) is 18.6. The fraction of sp³-hybridized carbons (Fsp3) is 0.917. The van der Waals surface area contributed by atoms with Crippen LogP contribution in [0.25, 0.3) is 0 Å². The van der Waals surface area contributed by atoms with Gasteiger partial charge in [-0.3, -0.25) is 4.79 Å². The van der Waals surface area contributed by atoms with Crippen molar-refractivity contribution in [3.63, 3.8) is 0 Å². The molecule has 1 atom stereocenters. The Bertz CT molecular complexity index is 185. The molecule has 1 fully saturated rings. The molecule has 0 radical (unpaired) electrons. The van der Waals surface area contributed by atoms with E-state index in [9.17, 15) is 4.79 Å². The van der Waals surface area contributed by atoms with E-state index in [1.54, 1.807) is 0 Å². The van der Waals surface area contributed by atoms with Gasteiger partial charge in [0.2, 0.25) is 0 Å². The van der Waals surface area contributed by atoms with Crippen LogP contribution in [0.4, 0.5) is 0 Å². The summed E-state index contributed by atoms with van der Waals surface area (Å²) in [4.78, 5) is 11.5. The van der Waals surface area contributed by atoms with Crippen LogP contribution in [0.15, 0.2) is 0 Å². The van der Waals surface area contributed by atoms with Crippen LogP contribution in [-0.2, 0) is 4.79 Å². The Hall–Kier alpha value is -0.370. The summed E-state index contributed by atoms with van der Waals surface area (Å²) in [5.74, 6) is 2.22. The van der Waals surface area contributed by atoms with Gasteiger partial charge in [0.1, 0.15) is 5.78 Å². The monoisotopic (exact) mass is 197 g/mol. The highest BCUT2D eigenvalue weighted by Gasteiger charge is 2.29. The first-order valence-electron chi connectivity index (χ1n) is 5.88. The summed E-state index contributed by atoms with van der Waals surface area (Å²) >= 11 is 0. The standard InChI is InChI=1S/C12H23NO/c1-9(2)10(7-8-13)5-6-12(14)11-3-4-11/h9-11H,3-8,13H2,1-2H3. The number of hydrogen-bond acceptors (Lipinski definition) is 2. The Labute approximate surface area is 87.2 Å². The van der Waals surface area contributed by atoms with E-state index >= 15 is 0 Å². The fourth-order valence-electron chi connectivity index (χ4n) is 1.96. The average molecular weight is 197 g/mol. The second kappa shape index (κ2) is 5.50. The molecule has 14 heavy (non-hydrogen) atoms. The van der Waals surface area contributed by atoms with Crippen LogP contribution in [0.1, 0.15) is 46.0 Å². The number of carbonyl (C=O) groups excluding carboxylic acids is 1. The predicted molar refractivity (Wildman–Crippen MR) is 59.0 cm³/mol. The summed E-state index contributed by atoms with van der Waals surface area (Å²) in [6.07, 6.45) is 5.18. The molecule has 0 aliphatic heterocycles. The molecule has 1 aliphatic rings. The molecule has 1 unspecified atom stereocenters. The van der Waals surface area contributed by atoms with E-state index in [1.165, 1.54) is 0 Å². The summed E-state index contributed by atoms with van der Waals surface area (Å²) in [6.45, 7) is 5.20. The van der Waals surface area contributed by atoms with Crippen molar-refractivity contribution < 1.29 is 4.79 Å². The average Bonchev–Trinajstić information content (AvgIpc) is 2.94. The van der Waals surface area contributed by atoms with E-state index in [-0.39, 0.29) is 0 Å². The van der Waals surface area contributed by atoms with Crippen molar-refractivity contribution >= 4 is 5.78 Å². The fourth-order valence-corrected chi connectivity index (χ4v) is 1.96. The van der Waals surface area contributed by atoms with E-state index in [2.05, 4.69) is 13.8 Å². The Morgan fingerprint density at radius 1 is 1.36 bits per heavy atom. The quantitative estimate of drug-likeness (QED) is 0.681. The van der Waals surface area contributed by atoms with Gasteiger partial charge in [0.05, 0.1) is 0 Å². The van der Waals surface area contributed by atoms with Gasteiger partial charge in [-0.25, -0.2) is 0 Å². The van der Waals surface area contributed by atoms with Gasteiger partial charge >= 0.3 is 0 Å². The SMILES string of the molecule is CC(C)C(CCN)CCC(=O)C1CC1. The van der Waals surface area contributed by atoms with E-state index in [1.807, 2.05) is 0 Å². The number of Topliss-reactive ketones (excluding diaryl/α,β-unsaturated/α-hetero) is 1. The molecule has 0 aromatic heterocycles. The molecular formula is C12H23NO. The van der Waals surface area contributed by atoms with E-state index in [4.69, 9.17) is 5.73 Å². The van der Waals surface area contributed by atoms with Crippen molar-refractivity contribution in [3.8, 4) is 0 Å². The third-order valence-electron chi connectivity index (χ3n) is 3.27. The van der Waals surface area contributed by atoms with Gasteiger partial charge in [-0.1, -0.05) is 13.8 Å². The molecule has 2 N–H and O–H groups in total. The van der Waals surface area contributed by atoms with Crippen LogP contribution >= 0.6 is 0 Å². The maximum absolute atomic E-state index is 11.5. The molecular weight excluding hydrogens is 174 g/mol. The molecule has 0 saturated heterocycles. The number of rotatable bonds is 7. The minimum absolute atomic E-state index is 0.431. The van der Waals surface area contributed by atoms with Gasteiger partial charge in [0.25, 0.3) is 0 Å². The van der Waals surface area contributed by atoms with Crippen molar-refractivity contribution in [2.75, 3.05) is 6.54 Å². The maximum Gasteiger partial charge on any atom is 0.135 e. The number of ketones is 1. The highest BCUT2D eigenvalue weighted by atomic mass is 16.1. The van der Waals surface area contributed by atoms with Crippen LogP contribution in [0.2, 0.25) is 0 Å². The molecule has 0 aromatic rings. The van der Waals surface area contributed by atoms with E-state index in [0.717, 1.165) is 38.6 Å². The highest BCUT2D eigenvalue weighted by Crippen LogP contribution is 2.32. The number of nitrogens with two attached hydrogens (primary N) is 1. The summed E-state index contributed by atoms with van der Waals surface area (Å²) in [5.41, 5.74) is 5.56. The maximum atomic E-state index is 11.5. The predicted octanol–water partition coefficient (Wildman–Crippen LogP) is 2.37. The first kappa shape index (κ1) is 11.7. The van der Waals surface area contributed by atoms with Gasteiger partial charge in [-0.05, 0) is 44.1 Å². The van der Waals surface area contributed by atoms with Crippen LogP contribution < -0.4 is 5.73 Å². The molecule has 0 spiro atoms. The van der Waals surface area contributed by atoms with Crippen LogP contribution in [0.3, 0.4) is 0 Å². The molecule has 1 saturated carbocycles. The Kier molecular flexibility index (Phi) is 4.59. The third-order valence-corrected chi connectivity index (χ3v) is 3.27. The summed E-state index contributed by atoms with van der Waals surface area (Å²) < 4.78 is 0. The lowest BCUT2D eigenvalue weighted by atomic mass is 9.87. The van der Waals surface area contributed by atoms with Crippen molar-refractivity contribution in [1.82, 2.24) is 0 Å². The second-order valence-electron chi connectivity index (χ2n) is 4.86. The van der Waals surface area contributed by atoms with Crippen molar-refractivity contribution in [2.24, 2.45) is 23.5 Å². The largest absolute Gasteiger partial charge is 0.330 e. The first-order valence-corrected chi connectivity index (χ1v) is 5.88. The van der Waals surface area contributed by atoms with Gasteiger partial charge < -0.3 is 5.73 Å². The second-order valence-corrected chi connectivity index (χ2v) is 4.86. The molecule has 0 amide bonds. The van der Waals surface area contributed by atoms with Gasteiger partial charge in [0, 0.05) is 12.3 Å². The zero-order chi connectivity index (χ0) is 10.6. The minimum Gasteiger partial charge on any atom is -0.330 e. The van der Waals surface area contributed by atoms with E-state index in [0.29, 0.717) is 23.5 Å². The molecule has 1 aliphatic carbocycles. The molecule has 2 heteroatoms. The summed E-state index contributed by atoms with van der Waals surface area (Å²) in [6, 6.07) is 0. The lowest BCUT2D eigenvalue weighted by Crippen LogP contribution is -2.16. The molecule has 2 nitrogen and oxygen atoms in total. The van der Waals surface area contributed by atoms with Gasteiger partial charge in [0.15, 0.2) is 0 Å². The summed E-state index contributed by atoms with van der Waals surface area (Å²) in [7, 11) is 0. The van der Waals surface area contributed by atoms with E-state index < -0.39 is 0 Å². The van der Waals surface area contributed by atoms with Crippen LogP contribution in [0.5, 0.6) is 0 Å². The molecule has 82 valence electrons. The van der Waals surface area contributed by atoms with Crippen molar-refractivity contribution in [2.45, 2.75) is 46.0 Å². The number of hydrogen-bond donors (Lipinski definition) is 1. The lowest BCUT2D eigenvalue weighted by Gasteiger charge is -2.19. The molecule has 1 rings (SSSR count). The Morgan fingerprint density at radius 2 is 2.00 bits per heavy atom. The zero-order valence-electron chi connectivity index (χ0n) is 9.46. The van der Waals surface area contributed by atoms with Crippen LogP contribution in [-0.4, -0.2) is 12.3 Å². The third kappa shape index (κ3) is 3.79. The van der Waals surface area contributed by atoms with Crippen molar-refractivity contribution in [3.05, 3.63) is 0 Å². The molecule has 0 heterocycles. The number of carbonyl (C=O) groups is 1. The Morgan fingerprint density at radius 3 is 2.43 bits per heavy atom. The molecule has 0 bridgehead atoms. The van der Waals surface area contributed by atoms with Crippen molar-refractivity contribution in [1.29, 1.82) is 0 Å². The summed E-state index contributed by atoms with van der Waals surface area (Å²) in [5, 5.41) is 0. The van der Waals surface area contributed by atoms with Crippen LogP contribution in [0, 0.1) is 17.8 Å². The Balaban J connectivity index is 2.20. The molecule has 0 aromatic carbocycles.